The quantitative estimate of drug-likeness (QED) is 0.114. The summed E-state index contributed by atoms with van der Waals surface area (Å²) in [5, 5.41) is 0. The van der Waals surface area contributed by atoms with Crippen LogP contribution < -0.4 is 0 Å². The van der Waals surface area contributed by atoms with Crippen LogP contribution in [0.15, 0.2) is 0 Å². The van der Waals surface area contributed by atoms with Crippen molar-refractivity contribution >= 4 is 28.6 Å². The fraction of sp³-hybridized carbons (Fsp3) is 0.947. The molecule has 0 aromatic carbocycles. The molecule has 0 radical (unpaired) electrons. The van der Waals surface area contributed by atoms with Gasteiger partial charge in [-0.1, -0.05) is 74.5 Å². The maximum absolute atomic E-state index is 11.5. The van der Waals surface area contributed by atoms with Crippen molar-refractivity contribution in [3.8, 4) is 0 Å². The minimum Gasteiger partial charge on any atom is -0.463 e. The largest absolute Gasteiger partial charge is 0.463 e. The fourth-order valence-corrected chi connectivity index (χ4v) is 2.85. The smallest absolute Gasteiger partial charge is 0.305 e. The van der Waals surface area contributed by atoms with Gasteiger partial charge in [-0.3, -0.25) is 4.79 Å². The summed E-state index contributed by atoms with van der Waals surface area (Å²) in [5.74, 6) is -0.100. The van der Waals surface area contributed by atoms with E-state index in [4.69, 9.17) is 14.2 Å². The molecule has 24 heavy (non-hydrogen) atoms. The number of carbonyl (C=O) groups is 1. The molecule has 0 aliphatic carbocycles. The normalized spacial score (nSPS) is 10.9. The zero-order chi connectivity index (χ0) is 17.7. The van der Waals surface area contributed by atoms with Crippen molar-refractivity contribution in [2.45, 2.75) is 77.6 Å². The number of rotatable bonds is 19. The number of alkyl halides is 1. The van der Waals surface area contributed by atoms with E-state index in [2.05, 4.69) is 29.5 Å². The second-order valence-electron chi connectivity index (χ2n) is 6.07. The molecule has 0 aliphatic rings. The highest BCUT2D eigenvalue weighted by atomic mass is 127. The van der Waals surface area contributed by atoms with Gasteiger partial charge in [0.2, 0.25) is 0 Å². The van der Waals surface area contributed by atoms with E-state index in [9.17, 15) is 4.79 Å². The molecule has 0 N–H and O–H groups in total. The SMILES string of the molecule is CCCCCCCCC(=O)OCCOCCOCCCCCCI. The van der Waals surface area contributed by atoms with Gasteiger partial charge in [-0.2, -0.15) is 0 Å². The Hall–Kier alpha value is 0.120. The first kappa shape index (κ1) is 24.1. The highest BCUT2D eigenvalue weighted by Crippen LogP contribution is 2.07. The van der Waals surface area contributed by atoms with Crippen molar-refractivity contribution in [2.75, 3.05) is 37.5 Å². The average molecular weight is 456 g/mol. The van der Waals surface area contributed by atoms with Gasteiger partial charge in [-0.15, -0.1) is 0 Å². The van der Waals surface area contributed by atoms with Gasteiger partial charge < -0.3 is 14.2 Å². The molecule has 0 saturated heterocycles. The third-order valence-corrected chi connectivity index (χ3v) is 4.53. The van der Waals surface area contributed by atoms with Gasteiger partial charge in [-0.25, -0.2) is 0 Å². The zero-order valence-corrected chi connectivity index (χ0v) is 17.7. The summed E-state index contributed by atoms with van der Waals surface area (Å²) in [6.45, 7) is 5.03. The Morgan fingerprint density at radius 1 is 0.708 bits per heavy atom. The van der Waals surface area contributed by atoms with Crippen molar-refractivity contribution in [1.29, 1.82) is 0 Å². The Labute approximate surface area is 162 Å². The van der Waals surface area contributed by atoms with E-state index in [-0.39, 0.29) is 5.97 Å². The van der Waals surface area contributed by atoms with E-state index in [0.717, 1.165) is 25.9 Å². The Morgan fingerprint density at radius 3 is 2.04 bits per heavy atom. The molecule has 0 spiro atoms. The molecule has 0 rings (SSSR count). The molecule has 0 amide bonds. The molecule has 0 unspecified atom stereocenters. The summed E-state index contributed by atoms with van der Waals surface area (Å²) >= 11 is 2.41. The van der Waals surface area contributed by atoms with Crippen LogP contribution in [0.1, 0.15) is 77.6 Å². The first-order chi connectivity index (χ1) is 11.8. The van der Waals surface area contributed by atoms with Crippen molar-refractivity contribution in [1.82, 2.24) is 0 Å². The highest BCUT2D eigenvalue weighted by molar-refractivity contribution is 14.1. The second kappa shape index (κ2) is 21.2. The van der Waals surface area contributed by atoms with Gasteiger partial charge in [-0.05, 0) is 23.7 Å². The summed E-state index contributed by atoms with van der Waals surface area (Å²) in [7, 11) is 0. The molecular formula is C19H37IO4. The Morgan fingerprint density at radius 2 is 1.29 bits per heavy atom. The molecule has 0 heterocycles. The molecule has 0 atom stereocenters. The molecule has 0 aromatic heterocycles. The second-order valence-corrected chi connectivity index (χ2v) is 7.14. The van der Waals surface area contributed by atoms with Gasteiger partial charge >= 0.3 is 5.97 Å². The third kappa shape index (κ3) is 20.2. The van der Waals surface area contributed by atoms with Crippen molar-refractivity contribution < 1.29 is 19.0 Å². The van der Waals surface area contributed by atoms with Crippen LogP contribution in [0.4, 0.5) is 0 Å². The molecule has 4 nitrogen and oxygen atoms in total. The third-order valence-electron chi connectivity index (χ3n) is 3.77. The van der Waals surface area contributed by atoms with E-state index in [1.165, 1.54) is 49.4 Å². The van der Waals surface area contributed by atoms with Gasteiger partial charge in [0, 0.05) is 13.0 Å². The topological polar surface area (TPSA) is 44.8 Å². The molecule has 0 aliphatic heterocycles. The first-order valence-electron chi connectivity index (χ1n) is 9.68. The summed E-state index contributed by atoms with van der Waals surface area (Å²) in [6.07, 6.45) is 12.6. The number of ether oxygens (including phenoxy) is 3. The number of halogens is 1. The lowest BCUT2D eigenvalue weighted by atomic mass is 10.1. The summed E-state index contributed by atoms with van der Waals surface area (Å²) in [4.78, 5) is 11.5. The molecule has 5 heteroatoms. The van der Waals surface area contributed by atoms with Gasteiger partial charge in [0.25, 0.3) is 0 Å². The monoisotopic (exact) mass is 456 g/mol. The minimum atomic E-state index is -0.100. The predicted molar refractivity (Wildman–Crippen MR) is 108 cm³/mol. The van der Waals surface area contributed by atoms with Gasteiger partial charge in [0.05, 0.1) is 19.8 Å². The fourth-order valence-electron chi connectivity index (χ4n) is 2.31. The molecule has 144 valence electrons. The van der Waals surface area contributed by atoms with Crippen molar-refractivity contribution in [3.63, 3.8) is 0 Å². The molecule has 0 saturated carbocycles. The van der Waals surface area contributed by atoms with Crippen LogP contribution in [0.5, 0.6) is 0 Å². The van der Waals surface area contributed by atoms with E-state index in [1.54, 1.807) is 0 Å². The van der Waals surface area contributed by atoms with Gasteiger partial charge in [0.15, 0.2) is 0 Å². The van der Waals surface area contributed by atoms with Crippen molar-refractivity contribution in [2.24, 2.45) is 0 Å². The average Bonchev–Trinajstić information content (AvgIpc) is 2.59. The van der Waals surface area contributed by atoms with Crippen LogP contribution in [0, 0.1) is 0 Å². The summed E-state index contributed by atoms with van der Waals surface area (Å²) < 4.78 is 17.3. The standard InChI is InChI=1S/C19H37IO4/c1-2-3-4-5-6-9-12-19(21)24-18-17-23-16-15-22-14-11-8-7-10-13-20/h2-18H2,1H3. The molecule has 0 fully saturated rings. The van der Waals surface area contributed by atoms with E-state index in [0.29, 0.717) is 32.8 Å². The van der Waals surface area contributed by atoms with Crippen LogP contribution in [0.3, 0.4) is 0 Å². The molecule has 0 bridgehead atoms. The number of hydrogen-bond acceptors (Lipinski definition) is 4. The molecular weight excluding hydrogens is 419 g/mol. The minimum absolute atomic E-state index is 0.100. The van der Waals surface area contributed by atoms with Crippen LogP contribution >= 0.6 is 22.6 Å². The van der Waals surface area contributed by atoms with Crippen molar-refractivity contribution in [3.05, 3.63) is 0 Å². The lowest BCUT2D eigenvalue weighted by molar-refractivity contribution is -0.145. The predicted octanol–water partition coefficient (Wildman–Crippen LogP) is 5.31. The number of carbonyl (C=O) groups excluding carboxylic acids is 1. The van der Waals surface area contributed by atoms with Gasteiger partial charge in [0.1, 0.15) is 6.61 Å². The molecule has 0 aromatic rings. The lowest BCUT2D eigenvalue weighted by Crippen LogP contribution is -2.13. The van der Waals surface area contributed by atoms with Crippen LogP contribution in [-0.2, 0) is 19.0 Å². The number of hydrogen-bond donors (Lipinski definition) is 0. The zero-order valence-electron chi connectivity index (χ0n) is 15.5. The maximum Gasteiger partial charge on any atom is 0.305 e. The maximum atomic E-state index is 11.5. The van der Waals surface area contributed by atoms with E-state index in [1.807, 2.05) is 0 Å². The Kier molecular flexibility index (Phi) is 21.3. The lowest BCUT2D eigenvalue weighted by Gasteiger charge is -2.07. The number of unbranched alkanes of at least 4 members (excludes halogenated alkanes) is 8. The first-order valence-corrected chi connectivity index (χ1v) is 11.2. The Bertz CT molecular complexity index is 262. The van der Waals surface area contributed by atoms with E-state index < -0.39 is 0 Å². The summed E-state index contributed by atoms with van der Waals surface area (Å²) in [6, 6.07) is 0. The Balaban J connectivity index is 3.11. The summed E-state index contributed by atoms with van der Waals surface area (Å²) in [5.41, 5.74) is 0. The van der Waals surface area contributed by atoms with Crippen LogP contribution in [-0.4, -0.2) is 43.4 Å². The van der Waals surface area contributed by atoms with Crippen LogP contribution in [0.25, 0.3) is 0 Å². The highest BCUT2D eigenvalue weighted by Gasteiger charge is 2.02. The number of esters is 1. The van der Waals surface area contributed by atoms with Crippen LogP contribution in [0.2, 0.25) is 0 Å². The van der Waals surface area contributed by atoms with E-state index >= 15 is 0 Å².